The number of hydrogen-bond donors (Lipinski definition) is 1. The predicted octanol–water partition coefficient (Wildman–Crippen LogP) is 2.45. The molecule has 0 saturated carbocycles. The molecule has 1 heterocycles. The average Bonchev–Trinajstić information content (AvgIpc) is 2.45. The third-order valence-corrected chi connectivity index (χ3v) is 2.45. The standard InChI is InChI=1S/C11H13NO/c1-3-8-7-12(2)9-5-4-6-10(13)11(8)9/h4-7,13H,3H2,1-2H3. The minimum Gasteiger partial charge on any atom is -0.507 e. The highest BCUT2D eigenvalue weighted by atomic mass is 16.3. The first-order valence-corrected chi connectivity index (χ1v) is 4.50. The van der Waals surface area contributed by atoms with E-state index in [1.807, 2.05) is 23.7 Å². The molecule has 0 saturated heterocycles. The van der Waals surface area contributed by atoms with Crippen molar-refractivity contribution in [2.75, 3.05) is 0 Å². The number of aryl methyl sites for hydroxylation is 2. The summed E-state index contributed by atoms with van der Waals surface area (Å²) in [5.41, 5.74) is 2.30. The maximum atomic E-state index is 9.68. The van der Waals surface area contributed by atoms with Gasteiger partial charge in [0.15, 0.2) is 0 Å². The molecular formula is C11H13NO. The van der Waals surface area contributed by atoms with Crippen molar-refractivity contribution in [2.45, 2.75) is 13.3 Å². The van der Waals surface area contributed by atoms with Gasteiger partial charge in [0.25, 0.3) is 0 Å². The molecule has 2 nitrogen and oxygen atoms in total. The quantitative estimate of drug-likeness (QED) is 0.707. The van der Waals surface area contributed by atoms with Gasteiger partial charge in [-0.05, 0) is 24.1 Å². The number of aromatic hydroxyl groups is 1. The van der Waals surface area contributed by atoms with Gasteiger partial charge in [0.05, 0.1) is 5.52 Å². The third kappa shape index (κ3) is 1.10. The minimum atomic E-state index is 0.384. The van der Waals surface area contributed by atoms with Crippen molar-refractivity contribution < 1.29 is 5.11 Å². The number of phenols is 1. The summed E-state index contributed by atoms with van der Waals surface area (Å²) in [6, 6.07) is 5.63. The lowest BCUT2D eigenvalue weighted by Crippen LogP contribution is -1.82. The topological polar surface area (TPSA) is 25.2 Å². The molecule has 68 valence electrons. The van der Waals surface area contributed by atoms with Crippen LogP contribution in [0.25, 0.3) is 10.9 Å². The fourth-order valence-electron chi connectivity index (χ4n) is 1.79. The molecule has 0 unspecified atom stereocenters. The zero-order chi connectivity index (χ0) is 9.42. The summed E-state index contributed by atoms with van der Waals surface area (Å²) in [7, 11) is 2.00. The van der Waals surface area contributed by atoms with Crippen LogP contribution in [0.3, 0.4) is 0 Å². The third-order valence-electron chi connectivity index (χ3n) is 2.45. The summed E-state index contributed by atoms with van der Waals surface area (Å²) >= 11 is 0. The van der Waals surface area contributed by atoms with E-state index in [4.69, 9.17) is 0 Å². The van der Waals surface area contributed by atoms with E-state index in [9.17, 15) is 5.11 Å². The highest BCUT2D eigenvalue weighted by molar-refractivity contribution is 5.89. The van der Waals surface area contributed by atoms with E-state index in [-0.39, 0.29) is 0 Å². The first-order valence-electron chi connectivity index (χ1n) is 4.50. The summed E-state index contributed by atoms with van der Waals surface area (Å²) < 4.78 is 2.05. The van der Waals surface area contributed by atoms with Crippen LogP contribution in [0.4, 0.5) is 0 Å². The van der Waals surface area contributed by atoms with E-state index in [2.05, 4.69) is 13.1 Å². The summed E-state index contributed by atoms with van der Waals surface area (Å²) in [6.45, 7) is 2.10. The Morgan fingerprint density at radius 3 is 2.85 bits per heavy atom. The number of benzene rings is 1. The first-order chi connectivity index (χ1) is 6.24. The van der Waals surface area contributed by atoms with Crippen molar-refractivity contribution >= 4 is 10.9 Å². The maximum Gasteiger partial charge on any atom is 0.125 e. The Bertz CT molecular complexity index is 443. The van der Waals surface area contributed by atoms with Gasteiger partial charge in [0.2, 0.25) is 0 Å². The number of rotatable bonds is 1. The molecule has 1 N–H and O–H groups in total. The van der Waals surface area contributed by atoms with E-state index in [0.717, 1.165) is 17.3 Å². The first kappa shape index (κ1) is 8.17. The van der Waals surface area contributed by atoms with Gasteiger partial charge in [-0.25, -0.2) is 0 Å². The van der Waals surface area contributed by atoms with E-state index in [1.54, 1.807) is 6.07 Å². The van der Waals surface area contributed by atoms with Crippen LogP contribution >= 0.6 is 0 Å². The average molecular weight is 175 g/mol. The summed E-state index contributed by atoms with van der Waals surface area (Å²) in [4.78, 5) is 0. The van der Waals surface area contributed by atoms with E-state index in [0.29, 0.717) is 5.75 Å². The highest BCUT2D eigenvalue weighted by Gasteiger charge is 2.07. The molecule has 0 fully saturated rings. The van der Waals surface area contributed by atoms with Crippen molar-refractivity contribution in [1.29, 1.82) is 0 Å². The fourth-order valence-corrected chi connectivity index (χ4v) is 1.79. The Morgan fingerprint density at radius 2 is 2.15 bits per heavy atom. The second kappa shape index (κ2) is 2.80. The van der Waals surface area contributed by atoms with E-state index in [1.165, 1.54) is 5.56 Å². The fraction of sp³-hybridized carbons (Fsp3) is 0.273. The van der Waals surface area contributed by atoms with Gasteiger partial charge in [0.1, 0.15) is 5.75 Å². The largest absolute Gasteiger partial charge is 0.507 e. The van der Waals surface area contributed by atoms with Gasteiger partial charge in [-0.2, -0.15) is 0 Å². The lowest BCUT2D eigenvalue weighted by Gasteiger charge is -1.97. The molecule has 0 bridgehead atoms. The second-order valence-corrected chi connectivity index (χ2v) is 3.29. The van der Waals surface area contributed by atoms with Gasteiger partial charge in [-0.15, -0.1) is 0 Å². The van der Waals surface area contributed by atoms with Gasteiger partial charge in [-0.3, -0.25) is 0 Å². The Balaban J connectivity index is 2.89. The lowest BCUT2D eigenvalue weighted by molar-refractivity contribution is 0.481. The monoisotopic (exact) mass is 175 g/mol. The minimum absolute atomic E-state index is 0.384. The van der Waals surface area contributed by atoms with Crippen molar-refractivity contribution in [1.82, 2.24) is 4.57 Å². The van der Waals surface area contributed by atoms with Crippen LogP contribution in [0.2, 0.25) is 0 Å². The molecule has 0 spiro atoms. The summed E-state index contributed by atoms with van der Waals surface area (Å²) in [5.74, 6) is 0.384. The Morgan fingerprint density at radius 1 is 1.38 bits per heavy atom. The molecular weight excluding hydrogens is 162 g/mol. The zero-order valence-electron chi connectivity index (χ0n) is 7.91. The van der Waals surface area contributed by atoms with Crippen LogP contribution in [0.15, 0.2) is 24.4 Å². The van der Waals surface area contributed by atoms with Crippen LogP contribution in [-0.4, -0.2) is 9.67 Å². The molecule has 13 heavy (non-hydrogen) atoms. The number of nitrogens with zero attached hydrogens (tertiary/aromatic N) is 1. The normalized spacial score (nSPS) is 10.9. The van der Waals surface area contributed by atoms with Crippen LogP contribution in [0.1, 0.15) is 12.5 Å². The summed E-state index contributed by atoms with van der Waals surface area (Å²) in [6.07, 6.45) is 3.03. The Labute approximate surface area is 77.4 Å². The van der Waals surface area contributed by atoms with Gasteiger partial charge >= 0.3 is 0 Å². The molecule has 0 aliphatic carbocycles. The lowest BCUT2D eigenvalue weighted by atomic mass is 10.1. The zero-order valence-corrected chi connectivity index (χ0v) is 7.91. The molecule has 2 heteroatoms. The molecule has 0 aliphatic heterocycles. The van der Waals surface area contributed by atoms with Crippen molar-refractivity contribution in [3.63, 3.8) is 0 Å². The van der Waals surface area contributed by atoms with Crippen LogP contribution in [0, 0.1) is 0 Å². The van der Waals surface area contributed by atoms with Gasteiger partial charge in [-0.1, -0.05) is 13.0 Å². The molecule has 0 amide bonds. The molecule has 2 aromatic rings. The van der Waals surface area contributed by atoms with Crippen molar-refractivity contribution in [3.05, 3.63) is 30.0 Å². The number of fused-ring (bicyclic) bond motifs is 1. The second-order valence-electron chi connectivity index (χ2n) is 3.29. The van der Waals surface area contributed by atoms with Gasteiger partial charge in [0, 0.05) is 18.6 Å². The van der Waals surface area contributed by atoms with Crippen LogP contribution in [0.5, 0.6) is 5.75 Å². The van der Waals surface area contributed by atoms with Crippen molar-refractivity contribution in [2.24, 2.45) is 7.05 Å². The Kier molecular flexibility index (Phi) is 1.76. The van der Waals surface area contributed by atoms with Crippen molar-refractivity contribution in [3.8, 4) is 5.75 Å². The van der Waals surface area contributed by atoms with E-state index < -0.39 is 0 Å². The van der Waals surface area contributed by atoms with E-state index >= 15 is 0 Å². The molecule has 0 aliphatic rings. The molecule has 1 aromatic heterocycles. The summed E-state index contributed by atoms with van der Waals surface area (Å²) in [5, 5.41) is 10.7. The molecule has 1 aromatic carbocycles. The number of hydrogen-bond acceptors (Lipinski definition) is 1. The maximum absolute atomic E-state index is 9.68. The smallest absolute Gasteiger partial charge is 0.125 e. The number of phenolic OH excluding ortho intramolecular Hbond substituents is 1. The van der Waals surface area contributed by atoms with Gasteiger partial charge < -0.3 is 9.67 Å². The Hall–Kier alpha value is -1.44. The molecule has 0 radical (unpaired) electrons. The SMILES string of the molecule is CCc1cn(C)c2cccc(O)c12. The highest BCUT2D eigenvalue weighted by Crippen LogP contribution is 2.29. The van der Waals surface area contributed by atoms with Crippen LogP contribution in [-0.2, 0) is 13.5 Å². The van der Waals surface area contributed by atoms with Crippen LogP contribution < -0.4 is 0 Å². The molecule has 0 atom stereocenters. The number of aromatic nitrogens is 1. The predicted molar refractivity (Wildman–Crippen MR) is 54.0 cm³/mol. The molecule has 2 rings (SSSR count).